The third kappa shape index (κ3) is 4.75. The number of hydrogen-bond acceptors (Lipinski definition) is 6. The van der Waals surface area contributed by atoms with Crippen LogP contribution in [0.3, 0.4) is 0 Å². The number of nitrogens with two attached hydrogens (primary N) is 1. The molecule has 0 aliphatic rings. The molecule has 0 aliphatic heterocycles. The summed E-state index contributed by atoms with van der Waals surface area (Å²) in [5.41, 5.74) is 6.25. The normalized spacial score (nSPS) is 13.0. The van der Waals surface area contributed by atoms with E-state index in [9.17, 15) is 13.2 Å². The summed E-state index contributed by atoms with van der Waals surface area (Å²) in [5, 5.41) is 5.14. The highest BCUT2D eigenvalue weighted by molar-refractivity contribution is 7.27. The van der Waals surface area contributed by atoms with E-state index in [2.05, 4.69) is 21.4 Å². The number of fused-ring (bicyclic) bond motifs is 1. The molecule has 3 heterocycles. The fourth-order valence-electron chi connectivity index (χ4n) is 2.90. The van der Waals surface area contributed by atoms with Gasteiger partial charge in [0.15, 0.2) is 5.13 Å². The van der Waals surface area contributed by atoms with Crippen LogP contribution in [0.5, 0.6) is 0 Å². The van der Waals surface area contributed by atoms with Crippen molar-refractivity contribution >= 4 is 37.9 Å². The van der Waals surface area contributed by atoms with Gasteiger partial charge in [0, 0.05) is 36.1 Å². The van der Waals surface area contributed by atoms with Crippen molar-refractivity contribution in [3.63, 3.8) is 0 Å². The van der Waals surface area contributed by atoms with Gasteiger partial charge in [0.25, 0.3) is 0 Å². The van der Waals surface area contributed by atoms with Crippen molar-refractivity contribution in [1.29, 1.82) is 0 Å². The number of halogens is 3. The first kappa shape index (κ1) is 19.8. The summed E-state index contributed by atoms with van der Waals surface area (Å²) < 4.78 is 39.0. The lowest BCUT2D eigenvalue weighted by atomic mass is 10.0. The summed E-state index contributed by atoms with van der Waals surface area (Å²) in [6, 6.07) is 8.98. The van der Waals surface area contributed by atoms with Crippen LogP contribution < -0.4 is 11.1 Å². The summed E-state index contributed by atoms with van der Waals surface area (Å²) >= 11 is 3.21. The predicted molar refractivity (Wildman–Crippen MR) is 112 cm³/mol. The van der Waals surface area contributed by atoms with E-state index in [-0.39, 0.29) is 6.04 Å². The van der Waals surface area contributed by atoms with Crippen LogP contribution >= 0.6 is 22.7 Å². The standard InChI is InChI=1S/C20H17F3N4S2/c21-20(22,23)14-3-1-12(2-4-14)7-15(24)9-26-19-27-11-18(29-19)16-8-13-5-6-25-10-17(13)28-16/h1-6,8,10-11,15H,7,9,24H2,(H,26,27)/t15-/m0/s1. The van der Waals surface area contributed by atoms with Crippen molar-refractivity contribution in [2.24, 2.45) is 5.73 Å². The molecule has 9 heteroatoms. The number of rotatable bonds is 6. The number of nitrogens with one attached hydrogen (secondary N) is 1. The van der Waals surface area contributed by atoms with Crippen LogP contribution in [0.4, 0.5) is 18.3 Å². The summed E-state index contributed by atoms with van der Waals surface area (Å²) in [6.45, 7) is 0.476. The molecule has 29 heavy (non-hydrogen) atoms. The molecule has 150 valence electrons. The monoisotopic (exact) mass is 434 g/mol. The third-order valence-corrected chi connectivity index (χ3v) is 6.60. The summed E-state index contributed by atoms with van der Waals surface area (Å²) in [5.74, 6) is 0. The first-order chi connectivity index (χ1) is 13.9. The van der Waals surface area contributed by atoms with Gasteiger partial charge in [-0.15, -0.1) is 11.3 Å². The number of aromatic nitrogens is 2. The zero-order chi connectivity index (χ0) is 20.4. The van der Waals surface area contributed by atoms with Crippen LogP contribution in [0.2, 0.25) is 0 Å². The van der Waals surface area contributed by atoms with E-state index in [0.717, 1.165) is 42.7 Å². The zero-order valence-corrected chi connectivity index (χ0v) is 16.7. The molecule has 4 nitrogen and oxygen atoms in total. The number of alkyl halides is 3. The quantitative estimate of drug-likeness (QED) is 0.425. The van der Waals surface area contributed by atoms with Crippen molar-refractivity contribution in [1.82, 2.24) is 9.97 Å². The van der Waals surface area contributed by atoms with E-state index in [0.29, 0.717) is 13.0 Å². The van der Waals surface area contributed by atoms with Crippen LogP contribution in [0.25, 0.3) is 19.8 Å². The molecular formula is C20H17F3N4S2. The smallest absolute Gasteiger partial charge is 0.360 e. The Balaban J connectivity index is 1.34. The lowest BCUT2D eigenvalue weighted by Crippen LogP contribution is -2.31. The van der Waals surface area contributed by atoms with Crippen LogP contribution in [0, 0.1) is 0 Å². The maximum Gasteiger partial charge on any atom is 0.416 e. The average Bonchev–Trinajstić information content (AvgIpc) is 3.33. The van der Waals surface area contributed by atoms with Gasteiger partial charge < -0.3 is 11.1 Å². The Morgan fingerprint density at radius 3 is 2.55 bits per heavy atom. The maximum absolute atomic E-state index is 12.6. The van der Waals surface area contributed by atoms with Crippen LogP contribution in [-0.2, 0) is 12.6 Å². The molecule has 0 saturated carbocycles. The summed E-state index contributed by atoms with van der Waals surface area (Å²) in [7, 11) is 0. The fraction of sp³-hybridized carbons (Fsp3) is 0.200. The first-order valence-electron chi connectivity index (χ1n) is 8.84. The summed E-state index contributed by atoms with van der Waals surface area (Å²) in [4.78, 5) is 10.7. The molecule has 1 atom stereocenters. The van der Waals surface area contributed by atoms with Gasteiger partial charge in [-0.3, -0.25) is 4.98 Å². The van der Waals surface area contributed by atoms with Gasteiger partial charge in [0.2, 0.25) is 0 Å². The molecule has 0 unspecified atom stereocenters. The van der Waals surface area contributed by atoms with E-state index >= 15 is 0 Å². The van der Waals surface area contributed by atoms with E-state index in [1.54, 1.807) is 28.9 Å². The second-order valence-electron chi connectivity index (χ2n) is 6.59. The van der Waals surface area contributed by atoms with Crippen LogP contribution in [0.1, 0.15) is 11.1 Å². The molecule has 1 aromatic carbocycles. The molecule has 0 amide bonds. The number of benzene rings is 1. The topological polar surface area (TPSA) is 63.8 Å². The Hall–Kier alpha value is -2.49. The predicted octanol–water partition coefficient (Wildman–Crippen LogP) is 5.42. The number of nitrogens with zero attached hydrogens (tertiary/aromatic N) is 2. The number of pyridine rings is 1. The molecule has 0 saturated heterocycles. The second kappa shape index (κ2) is 8.10. The highest BCUT2D eigenvalue weighted by atomic mass is 32.1. The van der Waals surface area contributed by atoms with E-state index < -0.39 is 11.7 Å². The van der Waals surface area contributed by atoms with Crippen molar-refractivity contribution in [2.45, 2.75) is 18.6 Å². The van der Waals surface area contributed by atoms with Crippen molar-refractivity contribution in [3.8, 4) is 9.75 Å². The lowest BCUT2D eigenvalue weighted by molar-refractivity contribution is -0.137. The molecule has 3 aromatic heterocycles. The third-order valence-electron chi connectivity index (χ3n) is 4.37. The van der Waals surface area contributed by atoms with Gasteiger partial charge in [0.1, 0.15) is 0 Å². The number of thiazole rings is 1. The molecule has 3 N–H and O–H groups in total. The fourth-order valence-corrected chi connectivity index (χ4v) is 4.82. The Morgan fingerprint density at radius 2 is 1.83 bits per heavy atom. The van der Waals surface area contributed by atoms with Crippen LogP contribution in [-0.4, -0.2) is 22.6 Å². The minimum absolute atomic E-state index is 0.241. The van der Waals surface area contributed by atoms with Crippen molar-refractivity contribution in [2.75, 3.05) is 11.9 Å². The van der Waals surface area contributed by atoms with Gasteiger partial charge in [-0.1, -0.05) is 23.5 Å². The Morgan fingerprint density at radius 1 is 1.03 bits per heavy atom. The molecule has 0 fully saturated rings. The lowest BCUT2D eigenvalue weighted by Gasteiger charge is -2.13. The maximum atomic E-state index is 12.6. The molecular weight excluding hydrogens is 417 g/mol. The Labute approximate surface area is 173 Å². The van der Waals surface area contributed by atoms with E-state index in [1.165, 1.54) is 12.1 Å². The van der Waals surface area contributed by atoms with Crippen molar-refractivity contribution < 1.29 is 13.2 Å². The van der Waals surface area contributed by atoms with Gasteiger partial charge >= 0.3 is 6.18 Å². The minimum Gasteiger partial charge on any atom is -0.360 e. The number of anilines is 1. The second-order valence-corrected chi connectivity index (χ2v) is 8.71. The SMILES string of the molecule is N[C@H](CNc1ncc(-c2cc3ccncc3s2)s1)Cc1ccc(C(F)(F)F)cc1. The Kier molecular flexibility index (Phi) is 5.53. The first-order valence-corrected chi connectivity index (χ1v) is 10.5. The van der Waals surface area contributed by atoms with Crippen LogP contribution in [0.15, 0.2) is 55.0 Å². The van der Waals surface area contributed by atoms with Gasteiger partial charge in [-0.25, -0.2) is 4.98 Å². The highest BCUT2D eigenvalue weighted by Gasteiger charge is 2.29. The minimum atomic E-state index is -4.32. The number of thiophene rings is 1. The molecule has 4 aromatic rings. The van der Waals surface area contributed by atoms with E-state index in [4.69, 9.17) is 5.73 Å². The summed E-state index contributed by atoms with van der Waals surface area (Å²) in [6.07, 6.45) is 1.61. The zero-order valence-electron chi connectivity index (χ0n) is 15.1. The van der Waals surface area contributed by atoms with Crippen molar-refractivity contribution in [3.05, 3.63) is 66.1 Å². The average molecular weight is 435 g/mol. The Bertz CT molecular complexity index is 1070. The van der Waals surface area contributed by atoms with Gasteiger partial charge in [-0.05, 0) is 41.6 Å². The molecule has 0 spiro atoms. The van der Waals surface area contributed by atoms with Gasteiger partial charge in [-0.2, -0.15) is 13.2 Å². The highest BCUT2D eigenvalue weighted by Crippen LogP contribution is 2.37. The molecule has 4 rings (SSSR count). The number of hydrogen-bond donors (Lipinski definition) is 2. The molecule has 0 radical (unpaired) electrons. The largest absolute Gasteiger partial charge is 0.416 e. The molecule has 0 aliphatic carbocycles. The molecule has 0 bridgehead atoms. The van der Waals surface area contributed by atoms with E-state index in [1.807, 2.05) is 18.5 Å². The van der Waals surface area contributed by atoms with Gasteiger partial charge in [0.05, 0.1) is 15.1 Å².